The Bertz CT molecular complexity index is 1220. The number of aromatic amines is 1. The van der Waals surface area contributed by atoms with E-state index in [0.717, 1.165) is 12.3 Å². The van der Waals surface area contributed by atoms with Crippen molar-refractivity contribution >= 4 is 28.6 Å². The second-order valence-electron chi connectivity index (χ2n) is 5.90. The molecule has 0 unspecified atom stereocenters. The van der Waals surface area contributed by atoms with Gasteiger partial charge in [0.1, 0.15) is 11.4 Å². The molecule has 0 saturated carbocycles. The van der Waals surface area contributed by atoms with Gasteiger partial charge in [-0.3, -0.25) is 0 Å². The number of aliphatic hydroxyl groups excluding tert-OH is 1. The molecule has 6 nitrogen and oxygen atoms in total. The summed E-state index contributed by atoms with van der Waals surface area (Å²) >= 11 is 0. The van der Waals surface area contributed by atoms with Gasteiger partial charge in [0.2, 0.25) is 0 Å². The highest BCUT2D eigenvalue weighted by Gasteiger charge is 2.18. The number of fused-ring (bicyclic) bond motifs is 1. The Hall–Kier alpha value is -3.94. The Kier molecular flexibility index (Phi) is 4.36. The molecule has 0 aliphatic rings. The topological polar surface area (TPSA) is 98.5 Å². The Morgan fingerprint density at radius 1 is 1.07 bits per heavy atom. The van der Waals surface area contributed by atoms with Crippen LogP contribution in [-0.4, -0.2) is 31.3 Å². The molecule has 0 spiro atoms. The van der Waals surface area contributed by atoms with Crippen molar-refractivity contribution < 1.29 is 13.9 Å². The number of hydrogen-bond donors (Lipinski definition) is 3. The minimum absolute atomic E-state index is 0.153. The molecule has 0 bridgehead atoms. The van der Waals surface area contributed by atoms with Gasteiger partial charge in [-0.1, -0.05) is 12.1 Å². The van der Waals surface area contributed by atoms with Crippen molar-refractivity contribution in [1.82, 2.24) is 19.9 Å². The Labute approximate surface area is 157 Å². The molecule has 0 fully saturated rings. The monoisotopic (exact) mass is 377 g/mol. The fraction of sp³-hybridized carbons (Fsp3) is 0. The second-order valence-corrected chi connectivity index (χ2v) is 5.90. The van der Waals surface area contributed by atoms with Crippen LogP contribution in [0.25, 0.3) is 33.8 Å². The molecule has 0 atom stereocenters. The third-order valence-electron chi connectivity index (χ3n) is 4.25. The van der Waals surface area contributed by atoms with Crippen molar-refractivity contribution in [3.05, 3.63) is 77.9 Å². The van der Waals surface area contributed by atoms with Crippen LogP contribution in [0.2, 0.25) is 0 Å². The zero-order valence-electron chi connectivity index (χ0n) is 14.3. The van der Waals surface area contributed by atoms with E-state index < -0.39 is 11.6 Å². The molecule has 0 radical (unpaired) electrons. The summed E-state index contributed by atoms with van der Waals surface area (Å²) in [5, 5.41) is 18.9. The minimum Gasteiger partial charge on any atom is -0.507 e. The molecule has 28 heavy (non-hydrogen) atoms. The zero-order chi connectivity index (χ0) is 19.7. The van der Waals surface area contributed by atoms with Crippen LogP contribution in [0.5, 0.6) is 0 Å². The van der Waals surface area contributed by atoms with Gasteiger partial charge < -0.3 is 15.5 Å². The lowest BCUT2D eigenvalue weighted by Crippen LogP contribution is -1.98. The zero-order valence-corrected chi connectivity index (χ0v) is 14.3. The number of halogens is 2. The van der Waals surface area contributed by atoms with E-state index in [2.05, 4.69) is 19.9 Å². The number of aromatic nitrogens is 4. The third kappa shape index (κ3) is 2.90. The lowest BCUT2D eigenvalue weighted by molar-refractivity contribution is 0.503. The van der Waals surface area contributed by atoms with Gasteiger partial charge in [0.05, 0.1) is 0 Å². The Morgan fingerprint density at radius 2 is 1.86 bits per heavy atom. The van der Waals surface area contributed by atoms with E-state index in [9.17, 15) is 13.9 Å². The molecule has 8 heteroatoms. The maximum Gasteiger partial charge on any atom is 0.166 e. The summed E-state index contributed by atoms with van der Waals surface area (Å²) in [4.78, 5) is 15.5. The van der Waals surface area contributed by atoms with E-state index in [1.165, 1.54) is 18.3 Å². The first kappa shape index (κ1) is 17.5. The van der Waals surface area contributed by atoms with Crippen molar-refractivity contribution in [2.24, 2.45) is 0 Å². The standard InChI is InChI=1S/C20H13F2N5O/c21-16-4-1-3-12(17(16)22)14(8-23)18(28)15-10-27-20-13(15)7-11(9-26-20)19-24-5-2-6-25-19/h1-10,23,28H,(H,26,27)/b18-14+,23-8?. The van der Waals surface area contributed by atoms with Gasteiger partial charge in [0.25, 0.3) is 0 Å². The van der Waals surface area contributed by atoms with Gasteiger partial charge in [0.15, 0.2) is 17.5 Å². The first-order chi connectivity index (χ1) is 13.6. The van der Waals surface area contributed by atoms with Gasteiger partial charge in [-0.25, -0.2) is 23.7 Å². The minimum atomic E-state index is -1.14. The molecular formula is C20H13F2N5O. The average Bonchev–Trinajstić information content (AvgIpc) is 3.15. The van der Waals surface area contributed by atoms with Crippen LogP contribution in [0.4, 0.5) is 8.78 Å². The van der Waals surface area contributed by atoms with Crippen molar-refractivity contribution in [3.63, 3.8) is 0 Å². The number of aliphatic hydroxyl groups is 1. The van der Waals surface area contributed by atoms with Crippen LogP contribution in [0.15, 0.2) is 55.1 Å². The lowest BCUT2D eigenvalue weighted by atomic mass is 10.0. The largest absolute Gasteiger partial charge is 0.507 e. The number of pyridine rings is 1. The van der Waals surface area contributed by atoms with E-state index >= 15 is 0 Å². The number of nitrogens with one attached hydrogen (secondary N) is 2. The predicted molar refractivity (Wildman–Crippen MR) is 102 cm³/mol. The predicted octanol–water partition coefficient (Wildman–Crippen LogP) is 4.37. The SMILES string of the molecule is N=C/C(=C(\O)c1c[nH]c2ncc(-c3ncccn3)cc12)c1cccc(F)c1F. The van der Waals surface area contributed by atoms with E-state index in [4.69, 9.17) is 5.41 Å². The lowest BCUT2D eigenvalue weighted by Gasteiger charge is -2.08. The van der Waals surface area contributed by atoms with Gasteiger partial charge in [-0.15, -0.1) is 0 Å². The van der Waals surface area contributed by atoms with E-state index in [1.54, 1.807) is 30.7 Å². The molecule has 3 aromatic heterocycles. The number of hydrogen-bond acceptors (Lipinski definition) is 5. The first-order valence-corrected chi connectivity index (χ1v) is 8.23. The summed E-state index contributed by atoms with van der Waals surface area (Å²) in [7, 11) is 0. The van der Waals surface area contributed by atoms with Crippen LogP contribution in [0, 0.1) is 17.0 Å². The maximum absolute atomic E-state index is 14.2. The Balaban J connectivity index is 1.91. The highest BCUT2D eigenvalue weighted by atomic mass is 19.2. The summed E-state index contributed by atoms with van der Waals surface area (Å²) in [5.74, 6) is -2.12. The van der Waals surface area contributed by atoms with Crippen molar-refractivity contribution in [2.75, 3.05) is 0 Å². The Morgan fingerprint density at radius 3 is 2.61 bits per heavy atom. The molecular weight excluding hydrogens is 364 g/mol. The molecule has 138 valence electrons. The molecule has 0 aliphatic heterocycles. The molecule has 0 amide bonds. The number of benzene rings is 1. The molecule has 4 aromatic rings. The quantitative estimate of drug-likeness (QED) is 0.363. The molecule has 4 rings (SSSR count). The third-order valence-corrected chi connectivity index (χ3v) is 4.25. The van der Waals surface area contributed by atoms with Gasteiger partial charge in [0, 0.05) is 58.7 Å². The molecule has 3 N–H and O–H groups in total. The van der Waals surface area contributed by atoms with E-state index in [1.807, 2.05) is 0 Å². The smallest absolute Gasteiger partial charge is 0.166 e. The fourth-order valence-electron chi connectivity index (χ4n) is 2.90. The highest BCUT2D eigenvalue weighted by molar-refractivity contribution is 6.18. The van der Waals surface area contributed by atoms with Crippen molar-refractivity contribution in [2.45, 2.75) is 0 Å². The van der Waals surface area contributed by atoms with E-state index in [-0.39, 0.29) is 16.9 Å². The number of nitrogens with zero attached hydrogens (tertiary/aromatic N) is 3. The summed E-state index contributed by atoms with van der Waals surface area (Å²) in [5.41, 5.74) is 1.03. The number of rotatable bonds is 4. The fourth-order valence-corrected chi connectivity index (χ4v) is 2.90. The summed E-state index contributed by atoms with van der Waals surface area (Å²) in [6, 6.07) is 7.00. The maximum atomic E-state index is 14.2. The van der Waals surface area contributed by atoms with E-state index in [0.29, 0.717) is 28.0 Å². The van der Waals surface area contributed by atoms with Crippen LogP contribution < -0.4 is 0 Å². The summed E-state index contributed by atoms with van der Waals surface area (Å²) in [6.07, 6.45) is 7.05. The molecule has 0 aliphatic carbocycles. The molecule has 3 heterocycles. The van der Waals surface area contributed by atoms with Crippen LogP contribution in [0.3, 0.4) is 0 Å². The van der Waals surface area contributed by atoms with Gasteiger partial charge >= 0.3 is 0 Å². The summed E-state index contributed by atoms with van der Waals surface area (Å²) < 4.78 is 27.8. The van der Waals surface area contributed by atoms with Crippen molar-refractivity contribution in [1.29, 1.82) is 5.41 Å². The normalized spacial score (nSPS) is 12.1. The first-order valence-electron chi connectivity index (χ1n) is 8.23. The number of allylic oxidation sites excluding steroid dienone is 1. The molecule has 0 saturated heterocycles. The second kappa shape index (κ2) is 6.99. The highest BCUT2D eigenvalue weighted by Crippen LogP contribution is 2.31. The average molecular weight is 377 g/mol. The van der Waals surface area contributed by atoms with Crippen molar-refractivity contribution in [3.8, 4) is 11.4 Å². The molecule has 1 aromatic carbocycles. The van der Waals surface area contributed by atoms with Gasteiger partial charge in [-0.2, -0.15) is 0 Å². The summed E-state index contributed by atoms with van der Waals surface area (Å²) in [6.45, 7) is 0. The van der Waals surface area contributed by atoms with Crippen LogP contribution in [-0.2, 0) is 0 Å². The van der Waals surface area contributed by atoms with Crippen LogP contribution in [0.1, 0.15) is 11.1 Å². The van der Waals surface area contributed by atoms with Gasteiger partial charge in [-0.05, 0) is 18.2 Å². The van der Waals surface area contributed by atoms with Crippen LogP contribution >= 0.6 is 0 Å². The number of H-pyrrole nitrogens is 1.